The summed E-state index contributed by atoms with van der Waals surface area (Å²) in [5.74, 6) is -2.16. The van der Waals surface area contributed by atoms with Crippen molar-refractivity contribution in [3.05, 3.63) is 34.6 Å². The molecule has 1 aliphatic rings. The Balaban J connectivity index is 2.20. The minimum absolute atomic E-state index is 0.0237. The lowest BCUT2D eigenvalue weighted by Crippen LogP contribution is -2.51. The molecule has 0 radical (unpaired) electrons. The van der Waals surface area contributed by atoms with Crippen molar-refractivity contribution in [1.29, 1.82) is 0 Å². The Morgan fingerprint density at radius 1 is 1.43 bits per heavy atom. The predicted octanol–water partition coefficient (Wildman–Crippen LogP) is 3.80. The van der Waals surface area contributed by atoms with Gasteiger partial charge in [-0.05, 0) is 25.5 Å². The summed E-state index contributed by atoms with van der Waals surface area (Å²) in [6.45, 7) is -0.194. The van der Waals surface area contributed by atoms with Crippen LogP contribution in [0.5, 0.6) is 0 Å². The van der Waals surface area contributed by atoms with Crippen molar-refractivity contribution in [3.63, 3.8) is 0 Å². The van der Waals surface area contributed by atoms with Crippen molar-refractivity contribution in [2.45, 2.75) is 31.6 Å². The topological polar surface area (TPSA) is 29.5 Å². The van der Waals surface area contributed by atoms with Crippen LogP contribution in [0.25, 0.3) is 0 Å². The summed E-state index contributed by atoms with van der Waals surface area (Å²) < 4.78 is 58.4. The number of rotatable bonds is 3. The normalized spacial score (nSPS) is 22.9. The van der Waals surface area contributed by atoms with Crippen molar-refractivity contribution in [1.82, 2.24) is 4.90 Å². The number of nitrogens with zero attached hydrogens (tertiary/aromatic N) is 1. The molecule has 2 rings (SSSR count). The third kappa shape index (κ3) is 4.14. The van der Waals surface area contributed by atoms with Gasteiger partial charge in [0.2, 0.25) is 0 Å². The van der Waals surface area contributed by atoms with Gasteiger partial charge in [0, 0.05) is 12.1 Å². The van der Waals surface area contributed by atoms with Gasteiger partial charge in [0.25, 0.3) is 0 Å². The van der Waals surface area contributed by atoms with E-state index in [1.807, 2.05) is 0 Å². The molecular weight excluding hydrogens is 338 g/mol. The molecule has 0 aromatic heterocycles. The average molecular weight is 354 g/mol. The van der Waals surface area contributed by atoms with Crippen molar-refractivity contribution < 1.29 is 27.1 Å². The summed E-state index contributed by atoms with van der Waals surface area (Å²) in [6, 6.07) is 2.41. The summed E-state index contributed by atoms with van der Waals surface area (Å²) >= 11 is 5.66. The number of hydrogen-bond donors (Lipinski definition) is 0. The number of piperidine rings is 1. The molecule has 128 valence electrons. The molecule has 1 aliphatic heterocycles. The second-order valence-corrected chi connectivity index (χ2v) is 5.89. The van der Waals surface area contributed by atoms with Gasteiger partial charge in [0.1, 0.15) is 11.9 Å². The zero-order valence-corrected chi connectivity index (χ0v) is 13.1. The molecule has 8 heteroatoms. The highest BCUT2D eigenvalue weighted by Crippen LogP contribution is 2.36. The van der Waals surface area contributed by atoms with Crippen LogP contribution in [0.3, 0.4) is 0 Å². The van der Waals surface area contributed by atoms with Crippen LogP contribution in [0, 0.1) is 11.7 Å². The first-order valence-corrected chi connectivity index (χ1v) is 7.43. The van der Waals surface area contributed by atoms with Crippen LogP contribution in [0.4, 0.5) is 17.6 Å². The average Bonchev–Trinajstić information content (AvgIpc) is 2.50. The summed E-state index contributed by atoms with van der Waals surface area (Å²) in [5.41, 5.74) is 0.100. The van der Waals surface area contributed by atoms with E-state index < -0.39 is 36.3 Å². The molecular formula is C15H16ClF4NO2. The van der Waals surface area contributed by atoms with E-state index in [0.717, 1.165) is 12.0 Å². The van der Waals surface area contributed by atoms with E-state index in [-0.39, 0.29) is 30.1 Å². The van der Waals surface area contributed by atoms with Crippen LogP contribution < -0.4 is 0 Å². The van der Waals surface area contributed by atoms with Crippen molar-refractivity contribution >= 4 is 17.6 Å². The lowest BCUT2D eigenvalue weighted by molar-refractivity contribution is -0.199. The number of carbonyl (C=O) groups excluding carboxylic acids is 1. The zero-order valence-electron chi connectivity index (χ0n) is 12.4. The van der Waals surface area contributed by atoms with Gasteiger partial charge in [-0.15, -0.1) is 0 Å². The maximum Gasteiger partial charge on any atom is 0.404 e. The number of alkyl halides is 3. The number of ether oxygens (including phenoxy) is 1. The van der Waals surface area contributed by atoms with Crippen molar-refractivity contribution in [3.8, 4) is 0 Å². The van der Waals surface area contributed by atoms with Crippen LogP contribution in [0.1, 0.15) is 18.4 Å². The lowest BCUT2D eigenvalue weighted by atomic mass is 9.90. The van der Waals surface area contributed by atoms with Gasteiger partial charge in [0.15, 0.2) is 0 Å². The first-order valence-electron chi connectivity index (χ1n) is 7.05. The highest BCUT2D eigenvalue weighted by Gasteiger charge is 2.48. The van der Waals surface area contributed by atoms with Gasteiger partial charge in [0.05, 0.1) is 18.1 Å². The van der Waals surface area contributed by atoms with Crippen LogP contribution in [-0.2, 0) is 16.1 Å². The lowest BCUT2D eigenvalue weighted by Gasteiger charge is -2.39. The minimum Gasteiger partial charge on any atom is -0.469 e. The molecule has 2 atom stereocenters. The summed E-state index contributed by atoms with van der Waals surface area (Å²) in [7, 11) is 1.15. The number of likely N-dealkylation sites (tertiary alicyclic amines) is 1. The third-order valence-corrected chi connectivity index (χ3v) is 4.32. The van der Waals surface area contributed by atoms with Gasteiger partial charge in [-0.2, -0.15) is 13.2 Å². The molecule has 23 heavy (non-hydrogen) atoms. The fraction of sp³-hybridized carbons (Fsp3) is 0.533. The van der Waals surface area contributed by atoms with Gasteiger partial charge in [-0.1, -0.05) is 23.7 Å². The Hall–Kier alpha value is -1.34. The Kier molecular flexibility index (Phi) is 5.52. The van der Waals surface area contributed by atoms with Crippen LogP contribution in [-0.4, -0.2) is 36.7 Å². The molecule has 0 spiro atoms. The van der Waals surface area contributed by atoms with Crippen LogP contribution in [0.2, 0.25) is 5.02 Å². The van der Waals surface area contributed by atoms with Gasteiger partial charge < -0.3 is 4.74 Å². The fourth-order valence-electron chi connectivity index (χ4n) is 2.81. The second kappa shape index (κ2) is 7.05. The summed E-state index contributed by atoms with van der Waals surface area (Å²) in [4.78, 5) is 12.7. The number of benzene rings is 1. The highest BCUT2D eigenvalue weighted by atomic mass is 35.5. The Bertz CT molecular complexity index is 579. The summed E-state index contributed by atoms with van der Waals surface area (Å²) in [5, 5.41) is -0.129. The Labute approximate surface area is 136 Å². The largest absolute Gasteiger partial charge is 0.469 e. The van der Waals surface area contributed by atoms with E-state index in [0.29, 0.717) is 0 Å². The van der Waals surface area contributed by atoms with E-state index in [1.54, 1.807) is 0 Å². The molecule has 0 N–H and O–H groups in total. The first-order chi connectivity index (χ1) is 10.7. The van der Waals surface area contributed by atoms with E-state index in [2.05, 4.69) is 4.74 Å². The molecule has 1 saturated heterocycles. The third-order valence-electron chi connectivity index (χ3n) is 4.03. The number of carbonyl (C=O) groups is 1. The molecule has 0 bridgehead atoms. The van der Waals surface area contributed by atoms with E-state index in [9.17, 15) is 22.4 Å². The van der Waals surface area contributed by atoms with Crippen molar-refractivity contribution in [2.75, 3.05) is 13.7 Å². The molecule has 0 saturated carbocycles. The Morgan fingerprint density at radius 3 is 2.74 bits per heavy atom. The van der Waals surface area contributed by atoms with Gasteiger partial charge in [-0.25, -0.2) is 4.39 Å². The predicted molar refractivity (Wildman–Crippen MR) is 76.4 cm³/mol. The Morgan fingerprint density at radius 2 is 2.13 bits per heavy atom. The quantitative estimate of drug-likeness (QED) is 0.611. The zero-order chi connectivity index (χ0) is 17.2. The molecule has 1 aromatic rings. The molecule has 3 nitrogen and oxygen atoms in total. The second-order valence-electron chi connectivity index (χ2n) is 5.49. The van der Waals surface area contributed by atoms with Crippen LogP contribution >= 0.6 is 11.6 Å². The molecule has 1 fully saturated rings. The highest BCUT2D eigenvalue weighted by molar-refractivity contribution is 6.30. The number of hydrogen-bond acceptors (Lipinski definition) is 3. The van der Waals surface area contributed by atoms with Crippen molar-refractivity contribution in [2.24, 2.45) is 5.92 Å². The molecule has 1 aromatic carbocycles. The monoisotopic (exact) mass is 353 g/mol. The van der Waals surface area contributed by atoms with Gasteiger partial charge in [-0.3, -0.25) is 9.69 Å². The maximum atomic E-state index is 13.9. The fourth-order valence-corrected chi connectivity index (χ4v) is 3.01. The number of esters is 1. The van der Waals surface area contributed by atoms with E-state index in [1.165, 1.54) is 18.2 Å². The standard InChI is InChI=1S/C15H16ClF4NO2/c1-23-14(22)9-5-6-21(12(7-9)15(18,19)20)8-10-3-2-4-11(16)13(10)17/h2-4,9,12H,5-8H2,1H3. The molecule has 2 unspecified atom stereocenters. The summed E-state index contributed by atoms with van der Waals surface area (Å²) in [6.07, 6.45) is -4.67. The SMILES string of the molecule is COC(=O)C1CCN(Cc2cccc(Cl)c2F)C(C(F)(F)F)C1. The molecule has 0 amide bonds. The minimum atomic E-state index is -4.51. The van der Waals surface area contributed by atoms with Crippen LogP contribution in [0.15, 0.2) is 18.2 Å². The van der Waals surface area contributed by atoms with Gasteiger partial charge >= 0.3 is 12.1 Å². The van der Waals surface area contributed by atoms with E-state index in [4.69, 9.17) is 11.6 Å². The number of methoxy groups -OCH3 is 1. The first kappa shape index (κ1) is 18.0. The maximum absolute atomic E-state index is 13.9. The molecule has 1 heterocycles. The molecule has 0 aliphatic carbocycles. The number of halogens is 5. The van der Waals surface area contributed by atoms with E-state index >= 15 is 0 Å². The smallest absolute Gasteiger partial charge is 0.404 e.